The van der Waals surface area contributed by atoms with Crippen molar-refractivity contribution in [1.29, 1.82) is 0 Å². The molecular weight excluding hydrogens is 234 g/mol. The Kier molecular flexibility index (Phi) is 3.73. The molecule has 0 bridgehead atoms. The van der Waals surface area contributed by atoms with Crippen molar-refractivity contribution in [2.45, 2.75) is 19.6 Å². The third kappa shape index (κ3) is 2.95. The quantitative estimate of drug-likeness (QED) is 0.804. The van der Waals surface area contributed by atoms with Gasteiger partial charge in [0.25, 0.3) is 0 Å². The Labute approximate surface area is 104 Å². The highest BCUT2D eigenvalue weighted by Gasteiger charge is 2.11. The molecule has 2 heterocycles. The fourth-order valence-corrected chi connectivity index (χ4v) is 1.51. The van der Waals surface area contributed by atoms with Gasteiger partial charge >= 0.3 is 0 Å². The summed E-state index contributed by atoms with van der Waals surface area (Å²) in [5.74, 6) is -0.0512. The predicted molar refractivity (Wildman–Crippen MR) is 63.1 cm³/mol. The van der Waals surface area contributed by atoms with E-state index in [0.717, 1.165) is 5.56 Å². The summed E-state index contributed by atoms with van der Waals surface area (Å²) in [5.41, 5.74) is 7.04. The maximum absolute atomic E-state index is 11.9. The summed E-state index contributed by atoms with van der Waals surface area (Å²) in [6, 6.07) is 1.83. The number of hydrogen-bond donors (Lipinski definition) is 1. The van der Waals surface area contributed by atoms with E-state index in [1.165, 1.54) is 4.68 Å². The van der Waals surface area contributed by atoms with Gasteiger partial charge in [-0.05, 0) is 6.07 Å². The third-order valence-electron chi connectivity index (χ3n) is 2.52. The number of amides is 1. The minimum Gasteiger partial charge on any atom is -0.472 e. The van der Waals surface area contributed by atoms with Gasteiger partial charge in [-0.1, -0.05) is 5.21 Å². The van der Waals surface area contributed by atoms with Gasteiger partial charge in [-0.25, -0.2) is 4.68 Å². The molecule has 2 rings (SSSR count). The van der Waals surface area contributed by atoms with Gasteiger partial charge in [0.05, 0.1) is 24.4 Å². The summed E-state index contributed by atoms with van der Waals surface area (Å²) in [4.78, 5) is 13.5. The van der Waals surface area contributed by atoms with E-state index in [1.54, 1.807) is 30.7 Å². The molecule has 0 radical (unpaired) electrons. The van der Waals surface area contributed by atoms with Crippen LogP contribution in [0.15, 0.2) is 29.2 Å². The second kappa shape index (κ2) is 5.46. The van der Waals surface area contributed by atoms with E-state index in [1.807, 2.05) is 6.07 Å². The van der Waals surface area contributed by atoms with Crippen molar-refractivity contribution in [3.05, 3.63) is 36.0 Å². The molecule has 0 saturated carbocycles. The molecule has 0 fully saturated rings. The molecular formula is C11H15N5O2. The highest BCUT2D eigenvalue weighted by Crippen LogP contribution is 2.04. The molecule has 0 spiro atoms. The number of carbonyl (C=O) groups is 1. The van der Waals surface area contributed by atoms with Crippen LogP contribution >= 0.6 is 0 Å². The molecule has 18 heavy (non-hydrogen) atoms. The van der Waals surface area contributed by atoms with Crippen LogP contribution in [-0.2, 0) is 24.4 Å². The van der Waals surface area contributed by atoms with Gasteiger partial charge in [-0.2, -0.15) is 0 Å². The van der Waals surface area contributed by atoms with Crippen LogP contribution < -0.4 is 5.73 Å². The van der Waals surface area contributed by atoms with Crippen LogP contribution in [0.3, 0.4) is 0 Å². The average Bonchev–Trinajstić information content (AvgIpc) is 3.00. The largest absolute Gasteiger partial charge is 0.472 e. The molecule has 0 aliphatic rings. The molecule has 0 saturated heterocycles. The highest BCUT2D eigenvalue weighted by molar-refractivity contribution is 5.75. The normalized spacial score (nSPS) is 10.6. The molecule has 0 aliphatic heterocycles. The summed E-state index contributed by atoms with van der Waals surface area (Å²) in [6.45, 7) is 0.980. The number of hydrogen-bond acceptors (Lipinski definition) is 5. The zero-order valence-electron chi connectivity index (χ0n) is 10.1. The first-order valence-electron chi connectivity index (χ1n) is 5.53. The summed E-state index contributed by atoms with van der Waals surface area (Å²) < 4.78 is 6.43. The highest BCUT2D eigenvalue weighted by atomic mass is 16.3. The van der Waals surface area contributed by atoms with Crippen molar-refractivity contribution in [1.82, 2.24) is 19.9 Å². The van der Waals surface area contributed by atoms with Crippen LogP contribution in [-0.4, -0.2) is 32.8 Å². The Balaban J connectivity index is 1.90. The van der Waals surface area contributed by atoms with Gasteiger partial charge in [0.1, 0.15) is 6.54 Å². The van der Waals surface area contributed by atoms with E-state index < -0.39 is 0 Å². The number of nitrogens with zero attached hydrogens (tertiary/aromatic N) is 4. The van der Waals surface area contributed by atoms with Crippen LogP contribution in [0.5, 0.6) is 0 Å². The maximum atomic E-state index is 11.9. The fraction of sp³-hybridized carbons (Fsp3) is 0.364. The van der Waals surface area contributed by atoms with Crippen molar-refractivity contribution >= 4 is 5.91 Å². The Bertz CT molecular complexity index is 505. The SMILES string of the molecule is CN(Cc1ccoc1)C(=O)Cn1cc(CN)nn1. The zero-order valence-corrected chi connectivity index (χ0v) is 10.1. The van der Waals surface area contributed by atoms with Gasteiger partial charge in [-0.15, -0.1) is 5.10 Å². The first-order chi connectivity index (χ1) is 8.69. The number of carbonyl (C=O) groups excluding carboxylic acids is 1. The van der Waals surface area contributed by atoms with Crippen molar-refractivity contribution in [3.8, 4) is 0 Å². The molecule has 2 N–H and O–H groups in total. The monoisotopic (exact) mass is 249 g/mol. The Morgan fingerprint density at radius 1 is 1.61 bits per heavy atom. The van der Waals surface area contributed by atoms with Gasteiger partial charge in [0, 0.05) is 25.7 Å². The van der Waals surface area contributed by atoms with Crippen molar-refractivity contribution < 1.29 is 9.21 Å². The van der Waals surface area contributed by atoms with Crippen LogP contribution in [0.2, 0.25) is 0 Å². The summed E-state index contributed by atoms with van der Waals surface area (Å²) in [5, 5.41) is 7.65. The molecule has 2 aromatic rings. The first-order valence-corrected chi connectivity index (χ1v) is 5.53. The number of aromatic nitrogens is 3. The standard InChI is InChI=1S/C11H15N5O2/c1-15(5-9-2-3-18-8-9)11(17)7-16-6-10(4-12)13-14-16/h2-3,6,8H,4-5,7,12H2,1H3. The summed E-state index contributed by atoms with van der Waals surface area (Å²) in [7, 11) is 1.73. The molecule has 7 heteroatoms. The Morgan fingerprint density at radius 3 is 3.06 bits per heavy atom. The van der Waals surface area contributed by atoms with E-state index in [9.17, 15) is 4.79 Å². The second-order valence-corrected chi connectivity index (χ2v) is 3.99. The Hall–Kier alpha value is -2.15. The summed E-state index contributed by atoms with van der Waals surface area (Å²) in [6.07, 6.45) is 4.87. The maximum Gasteiger partial charge on any atom is 0.244 e. The smallest absolute Gasteiger partial charge is 0.244 e. The minimum atomic E-state index is -0.0512. The molecule has 0 aliphatic carbocycles. The van der Waals surface area contributed by atoms with Crippen LogP contribution in [0, 0.1) is 0 Å². The lowest BCUT2D eigenvalue weighted by Crippen LogP contribution is -2.29. The molecule has 0 unspecified atom stereocenters. The molecule has 96 valence electrons. The minimum absolute atomic E-state index is 0.0512. The van der Waals surface area contributed by atoms with Gasteiger partial charge in [-0.3, -0.25) is 4.79 Å². The molecule has 7 nitrogen and oxygen atoms in total. The topological polar surface area (TPSA) is 90.2 Å². The Morgan fingerprint density at radius 2 is 2.44 bits per heavy atom. The van der Waals surface area contributed by atoms with E-state index in [-0.39, 0.29) is 12.5 Å². The van der Waals surface area contributed by atoms with Crippen LogP contribution in [0.4, 0.5) is 0 Å². The van der Waals surface area contributed by atoms with Gasteiger partial charge in [0.2, 0.25) is 5.91 Å². The van der Waals surface area contributed by atoms with Crippen LogP contribution in [0.1, 0.15) is 11.3 Å². The summed E-state index contributed by atoms with van der Waals surface area (Å²) >= 11 is 0. The lowest BCUT2D eigenvalue weighted by molar-refractivity contribution is -0.131. The van der Waals surface area contributed by atoms with Crippen molar-refractivity contribution in [2.75, 3.05) is 7.05 Å². The van der Waals surface area contributed by atoms with Crippen molar-refractivity contribution in [2.24, 2.45) is 5.73 Å². The van der Waals surface area contributed by atoms with Gasteiger partial charge < -0.3 is 15.1 Å². The van der Waals surface area contributed by atoms with Crippen molar-refractivity contribution in [3.63, 3.8) is 0 Å². The van der Waals surface area contributed by atoms with E-state index in [0.29, 0.717) is 18.8 Å². The number of rotatable bonds is 5. The van der Waals surface area contributed by atoms with E-state index >= 15 is 0 Å². The number of nitrogens with two attached hydrogens (primary N) is 1. The fourth-order valence-electron chi connectivity index (χ4n) is 1.51. The predicted octanol–water partition coefficient (Wildman–Crippen LogP) is -0.0116. The lowest BCUT2D eigenvalue weighted by atomic mass is 10.3. The number of likely N-dealkylation sites (N-methyl/N-ethyl adjacent to an activating group) is 1. The zero-order chi connectivity index (χ0) is 13.0. The second-order valence-electron chi connectivity index (χ2n) is 3.99. The molecule has 0 atom stereocenters. The molecule has 1 amide bonds. The lowest BCUT2D eigenvalue weighted by Gasteiger charge is -2.15. The molecule has 2 aromatic heterocycles. The number of furan rings is 1. The molecule has 0 aromatic carbocycles. The average molecular weight is 249 g/mol. The first kappa shape index (κ1) is 12.3. The van der Waals surface area contributed by atoms with Crippen LogP contribution in [0.25, 0.3) is 0 Å². The van der Waals surface area contributed by atoms with E-state index in [2.05, 4.69) is 10.3 Å². The van der Waals surface area contributed by atoms with E-state index in [4.69, 9.17) is 10.2 Å². The third-order valence-corrected chi connectivity index (χ3v) is 2.52. The van der Waals surface area contributed by atoms with Gasteiger partial charge in [0.15, 0.2) is 0 Å².